The van der Waals surface area contributed by atoms with Gasteiger partial charge in [-0.25, -0.2) is 23.3 Å². The fourth-order valence-electron chi connectivity index (χ4n) is 6.33. The molecule has 6 rings (SSSR count). The number of nitrogens with zero attached hydrogens (tertiary/aromatic N) is 5. The molecule has 17 heteroatoms. The molecule has 2 aliphatic carbocycles. The van der Waals surface area contributed by atoms with E-state index in [1.165, 1.54) is 12.1 Å². The van der Waals surface area contributed by atoms with Crippen LogP contribution >= 0.6 is 12.4 Å². The molecule has 1 amide bonds. The topological polar surface area (TPSA) is 150 Å². The summed E-state index contributed by atoms with van der Waals surface area (Å²) in [5.41, 5.74) is -1.09. The SMILES string of the molecule is Cl.[C-]#[N+]c1cc(F)cc(CN2CCN(C(=O)OC(C)(C)C)CC2)c1OCC1(C(=O)O)CC1.[C-]#[N+]c1cc(F)cc(CN2CCNCC2)c1OCC1(C(=O)O)CC1. The standard InChI is InChI=1S/C22H28FN3O5.C17H20FN3O3.ClH/c1-21(2,3)31-20(29)26-9-7-25(8-10-26)13-15-11-16(23)12-17(24-4)18(15)30-14-22(5-6-22)19(27)28;1-19-14-9-13(18)8-12(10-21-6-4-20-5-7-21)15(14)24-11-17(2-3-17)16(22)23;/h11-12H,5-10,13-14H2,1-3H3,(H,27,28);8-9,20H,2-7,10-11H2,(H,22,23);1H. The molecule has 0 radical (unpaired) electrons. The first-order valence-electron chi connectivity index (χ1n) is 18.3. The summed E-state index contributed by atoms with van der Waals surface area (Å²) in [5, 5.41) is 21.9. The third-order valence-corrected chi connectivity index (χ3v) is 10.1. The third-order valence-electron chi connectivity index (χ3n) is 10.1. The number of ether oxygens (including phenoxy) is 3. The van der Waals surface area contributed by atoms with Gasteiger partial charge in [-0.2, -0.15) is 0 Å². The second-order valence-corrected chi connectivity index (χ2v) is 15.6. The Morgan fingerprint density at radius 1 is 0.750 bits per heavy atom. The molecule has 56 heavy (non-hydrogen) atoms. The minimum atomic E-state index is -0.918. The second kappa shape index (κ2) is 18.5. The van der Waals surface area contributed by atoms with Crippen molar-refractivity contribution in [2.24, 2.45) is 10.8 Å². The van der Waals surface area contributed by atoms with Crippen LogP contribution in [0.2, 0.25) is 0 Å². The molecule has 4 aliphatic rings. The number of carbonyl (C=O) groups is 3. The van der Waals surface area contributed by atoms with Crippen LogP contribution in [0.1, 0.15) is 57.6 Å². The van der Waals surface area contributed by atoms with E-state index in [1.54, 1.807) is 4.90 Å². The number of hydrogen-bond acceptors (Lipinski definition) is 9. The van der Waals surface area contributed by atoms with Crippen molar-refractivity contribution in [3.63, 3.8) is 0 Å². The lowest BCUT2D eigenvalue weighted by atomic mass is 10.1. The summed E-state index contributed by atoms with van der Waals surface area (Å²) >= 11 is 0. The fraction of sp³-hybridized carbons (Fsp3) is 0.564. The summed E-state index contributed by atoms with van der Waals surface area (Å²) in [5.74, 6) is -2.26. The molecule has 2 aromatic rings. The molecule has 0 bridgehead atoms. The molecule has 0 aromatic heterocycles. The highest BCUT2D eigenvalue weighted by atomic mass is 35.5. The highest BCUT2D eigenvalue weighted by Gasteiger charge is 2.52. The van der Waals surface area contributed by atoms with E-state index in [1.807, 2.05) is 25.7 Å². The van der Waals surface area contributed by atoms with Gasteiger partial charge in [-0.15, -0.1) is 12.4 Å². The highest BCUT2D eigenvalue weighted by molar-refractivity contribution is 5.85. The van der Waals surface area contributed by atoms with Gasteiger partial charge >= 0.3 is 18.0 Å². The molecule has 0 unspecified atom stereocenters. The van der Waals surface area contributed by atoms with Crippen LogP contribution in [0.4, 0.5) is 25.0 Å². The lowest BCUT2D eigenvalue weighted by molar-refractivity contribution is -0.145. The monoisotopic (exact) mass is 802 g/mol. The Hall–Kier alpha value is -4.74. The molecule has 0 atom stereocenters. The van der Waals surface area contributed by atoms with Crippen LogP contribution in [-0.2, 0) is 27.4 Å². The van der Waals surface area contributed by atoms with E-state index in [-0.39, 0.29) is 48.8 Å². The van der Waals surface area contributed by atoms with Gasteiger partial charge < -0.3 is 34.6 Å². The van der Waals surface area contributed by atoms with Crippen LogP contribution < -0.4 is 14.8 Å². The maximum Gasteiger partial charge on any atom is 0.410 e. The van der Waals surface area contributed by atoms with Gasteiger partial charge in [0.25, 0.3) is 0 Å². The number of aliphatic carboxylic acids is 2. The number of carboxylic acid groups (broad SMARTS) is 2. The largest absolute Gasteiger partial charge is 0.503 e. The highest BCUT2D eigenvalue weighted by Crippen LogP contribution is 2.48. The minimum Gasteiger partial charge on any atom is -0.503 e. The molecule has 14 nitrogen and oxygen atoms in total. The third kappa shape index (κ3) is 11.4. The van der Waals surface area contributed by atoms with Gasteiger partial charge in [0.1, 0.15) is 52.8 Å². The van der Waals surface area contributed by atoms with Gasteiger partial charge in [0.05, 0.1) is 13.1 Å². The van der Waals surface area contributed by atoms with Crippen molar-refractivity contribution in [3.8, 4) is 11.5 Å². The lowest BCUT2D eigenvalue weighted by Crippen LogP contribution is -2.49. The van der Waals surface area contributed by atoms with Gasteiger partial charge in [-0.05, 0) is 70.7 Å². The quantitative estimate of drug-likeness (QED) is 0.213. The van der Waals surface area contributed by atoms with Crippen molar-refractivity contribution in [2.75, 3.05) is 65.6 Å². The van der Waals surface area contributed by atoms with Crippen LogP contribution in [0.25, 0.3) is 9.69 Å². The Morgan fingerprint density at radius 3 is 1.52 bits per heavy atom. The molecular weight excluding hydrogens is 754 g/mol. The van der Waals surface area contributed by atoms with E-state index in [9.17, 15) is 33.4 Å². The van der Waals surface area contributed by atoms with Crippen molar-refractivity contribution in [3.05, 3.63) is 69.9 Å². The zero-order valence-electron chi connectivity index (χ0n) is 31.9. The molecule has 4 fully saturated rings. The Labute approximate surface area is 331 Å². The molecule has 2 saturated carbocycles. The van der Waals surface area contributed by atoms with Gasteiger partial charge in [-0.1, -0.05) is 0 Å². The maximum absolute atomic E-state index is 14.1. The summed E-state index contributed by atoms with van der Waals surface area (Å²) in [7, 11) is 0. The Kier molecular flexibility index (Phi) is 14.5. The first-order chi connectivity index (χ1) is 26.1. The molecule has 2 heterocycles. The van der Waals surface area contributed by atoms with E-state index in [4.69, 9.17) is 27.4 Å². The molecule has 2 aromatic carbocycles. The molecule has 3 N–H and O–H groups in total. The lowest BCUT2D eigenvalue weighted by Gasteiger charge is -2.35. The molecule has 0 spiro atoms. The van der Waals surface area contributed by atoms with Crippen LogP contribution in [0.15, 0.2) is 24.3 Å². The van der Waals surface area contributed by atoms with Crippen molar-refractivity contribution in [1.29, 1.82) is 0 Å². The van der Waals surface area contributed by atoms with Crippen molar-refractivity contribution < 1.29 is 47.6 Å². The number of hydrogen-bond donors (Lipinski definition) is 3. The number of piperazine rings is 2. The number of halogens is 3. The van der Waals surface area contributed by atoms with Crippen molar-refractivity contribution >= 4 is 41.8 Å². The predicted octanol–water partition coefficient (Wildman–Crippen LogP) is 6.12. The first-order valence-corrected chi connectivity index (χ1v) is 18.3. The summed E-state index contributed by atoms with van der Waals surface area (Å²) in [6.07, 6.45) is 1.84. The number of carbonyl (C=O) groups excluding carboxylic acids is 1. The van der Waals surface area contributed by atoms with Crippen LogP contribution in [0, 0.1) is 35.6 Å². The average Bonchev–Trinajstić information content (AvgIpc) is 4.07. The Morgan fingerprint density at radius 2 is 1.16 bits per heavy atom. The van der Waals surface area contributed by atoms with E-state index in [2.05, 4.69) is 19.9 Å². The zero-order valence-corrected chi connectivity index (χ0v) is 32.7. The van der Waals surface area contributed by atoms with Crippen molar-refractivity contribution in [2.45, 2.75) is 65.1 Å². The normalized spacial score (nSPS) is 18.4. The number of amides is 1. The Bertz CT molecular complexity index is 1840. The maximum atomic E-state index is 14.1. The van der Waals surface area contributed by atoms with E-state index in [0.29, 0.717) is 81.8 Å². The van der Waals surface area contributed by atoms with E-state index >= 15 is 0 Å². The van der Waals surface area contributed by atoms with Gasteiger partial charge in [0.2, 0.25) is 11.4 Å². The predicted molar refractivity (Wildman–Crippen MR) is 203 cm³/mol. The smallest absolute Gasteiger partial charge is 0.410 e. The van der Waals surface area contributed by atoms with Crippen molar-refractivity contribution in [1.82, 2.24) is 20.0 Å². The molecular formula is C39H49ClF2N6O8. The fourth-order valence-corrected chi connectivity index (χ4v) is 6.33. The van der Waals surface area contributed by atoms with Gasteiger partial charge in [0.15, 0.2) is 0 Å². The van der Waals surface area contributed by atoms with E-state index < -0.39 is 40.0 Å². The summed E-state index contributed by atoms with van der Waals surface area (Å²) in [4.78, 5) is 47.5. The van der Waals surface area contributed by atoms with E-state index in [0.717, 1.165) is 38.3 Å². The zero-order chi connectivity index (χ0) is 40.0. The molecule has 2 saturated heterocycles. The minimum absolute atomic E-state index is 0. The summed E-state index contributed by atoms with van der Waals surface area (Å²) < 4.78 is 44.9. The molecule has 304 valence electrons. The number of rotatable bonds is 12. The average molecular weight is 803 g/mol. The van der Waals surface area contributed by atoms with Crippen LogP contribution in [-0.4, -0.2) is 114 Å². The molecule has 2 aliphatic heterocycles. The van der Waals surface area contributed by atoms with Gasteiger partial charge in [-0.3, -0.25) is 19.4 Å². The number of carboxylic acids is 2. The number of nitrogens with one attached hydrogen (secondary N) is 1. The number of benzene rings is 2. The first kappa shape index (κ1) is 44.0. The Balaban J connectivity index is 0.000000252. The van der Waals surface area contributed by atoms with Crippen LogP contribution in [0.3, 0.4) is 0 Å². The summed E-state index contributed by atoms with van der Waals surface area (Å²) in [6.45, 7) is 26.3. The van der Waals surface area contributed by atoms with Crippen LogP contribution in [0.5, 0.6) is 11.5 Å². The summed E-state index contributed by atoms with van der Waals surface area (Å²) in [6, 6.07) is 4.95. The van der Waals surface area contributed by atoms with Gasteiger partial charge in [0, 0.05) is 76.6 Å². The second-order valence-electron chi connectivity index (χ2n) is 15.6.